The highest BCUT2D eigenvalue weighted by atomic mass is 16.6. The van der Waals surface area contributed by atoms with Crippen molar-refractivity contribution in [3.05, 3.63) is 117 Å². The maximum atomic E-state index is 13.1. The molecule has 0 fully saturated rings. The molecule has 0 N–H and O–H groups in total. The molecule has 0 atom stereocenters. The third kappa shape index (κ3) is 3.96. The number of rotatable bonds is 5. The van der Waals surface area contributed by atoms with Gasteiger partial charge in [0, 0.05) is 17.7 Å². The molecule has 29 heavy (non-hydrogen) atoms. The summed E-state index contributed by atoms with van der Waals surface area (Å²) in [4.78, 5) is 29.7. The van der Waals surface area contributed by atoms with E-state index in [9.17, 15) is 14.9 Å². The molecule has 1 aliphatic rings. The number of amidine groups is 1. The molecule has 4 rings (SSSR count). The summed E-state index contributed by atoms with van der Waals surface area (Å²) >= 11 is 0. The number of nitro benzene ring substituents is 1. The van der Waals surface area contributed by atoms with Crippen molar-refractivity contribution >= 4 is 23.5 Å². The minimum absolute atomic E-state index is 0.00378. The van der Waals surface area contributed by atoms with E-state index >= 15 is 0 Å². The van der Waals surface area contributed by atoms with E-state index in [4.69, 9.17) is 0 Å². The van der Waals surface area contributed by atoms with Gasteiger partial charge in [-0.05, 0) is 29.3 Å². The predicted molar refractivity (Wildman–Crippen MR) is 111 cm³/mol. The first-order chi connectivity index (χ1) is 14.1. The normalized spacial score (nSPS) is 14.9. The number of nitro groups is 1. The fraction of sp³-hybridized carbons (Fsp3) is 0.0435. The van der Waals surface area contributed by atoms with Crippen molar-refractivity contribution in [2.24, 2.45) is 4.99 Å². The predicted octanol–water partition coefficient (Wildman–Crippen LogP) is 4.42. The first-order valence-corrected chi connectivity index (χ1v) is 9.08. The van der Waals surface area contributed by atoms with Crippen LogP contribution >= 0.6 is 0 Å². The Labute approximate surface area is 167 Å². The molecule has 0 saturated heterocycles. The zero-order valence-corrected chi connectivity index (χ0v) is 15.4. The third-order valence-corrected chi connectivity index (χ3v) is 4.57. The summed E-state index contributed by atoms with van der Waals surface area (Å²) in [6.45, 7) is 0.408. The minimum atomic E-state index is -0.453. The molecule has 0 aliphatic carbocycles. The molecule has 0 bridgehead atoms. The van der Waals surface area contributed by atoms with Gasteiger partial charge in [-0.1, -0.05) is 60.7 Å². The fourth-order valence-electron chi connectivity index (χ4n) is 3.12. The second-order valence-corrected chi connectivity index (χ2v) is 6.56. The number of aliphatic imine (C=N–C) groups is 1. The van der Waals surface area contributed by atoms with Crippen molar-refractivity contribution < 1.29 is 9.72 Å². The first kappa shape index (κ1) is 18.3. The lowest BCUT2D eigenvalue weighted by Crippen LogP contribution is -2.32. The second-order valence-electron chi connectivity index (χ2n) is 6.56. The number of carbonyl (C=O) groups excluding carboxylic acids is 1. The van der Waals surface area contributed by atoms with Crippen molar-refractivity contribution in [3.8, 4) is 0 Å². The monoisotopic (exact) mass is 383 g/mol. The molecule has 0 aromatic heterocycles. The summed E-state index contributed by atoms with van der Waals surface area (Å²) in [5.41, 5.74) is 2.83. The number of carbonyl (C=O) groups is 1. The quantitative estimate of drug-likeness (QED) is 0.372. The van der Waals surface area contributed by atoms with E-state index in [1.54, 1.807) is 23.1 Å². The Morgan fingerprint density at radius 1 is 0.897 bits per heavy atom. The van der Waals surface area contributed by atoms with Crippen LogP contribution < -0.4 is 0 Å². The molecule has 0 spiro atoms. The summed E-state index contributed by atoms with van der Waals surface area (Å²) < 4.78 is 0. The molecular formula is C23H17N3O3. The molecule has 0 radical (unpaired) electrons. The van der Waals surface area contributed by atoms with Crippen LogP contribution in [0.15, 0.2) is 95.6 Å². The van der Waals surface area contributed by atoms with Gasteiger partial charge in [0.1, 0.15) is 11.5 Å². The van der Waals surface area contributed by atoms with Crippen LogP contribution in [0.5, 0.6) is 0 Å². The van der Waals surface area contributed by atoms with Crippen LogP contribution in [-0.2, 0) is 11.3 Å². The molecule has 6 heteroatoms. The zero-order chi connectivity index (χ0) is 20.2. The van der Waals surface area contributed by atoms with E-state index in [2.05, 4.69) is 4.99 Å². The molecule has 3 aromatic carbocycles. The van der Waals surface area contributed by atoms with Gasteiger partial charge in [-0.25, -0.2) is 4.99 Å². The maximum Gasteiger partial charge on any atom is 0.278 e. The minimum Gasteiger partial charge on any atom is -0.286 e. The van der Waals surface area contributed by atoms with Gasteiger partial charge in [0.2, 0.25) is 0 Å². The Morgan fingerprint density at radius 3 is 2.14 bits per heavy atom. The molecule has 0 saturated carbocycles. The van der Waals surface area contributed by atoms with Crippen molar-refractivity contribution in [3.63, 3.8) is 0 Å². The van der Waals surface area contributed by atoms with Crippen LogP contribution in [0.3, 0.4) is 0 Å². The van der Waals surface area contributed by atoms with Crippen molar-refractivity contribution in [2.75, 3.05) is 0 Å². The van der Waals surface area contributed by atoms with Gasteiger partial charge in [-0.2, -0.15) is 0 Å². The molecule has 6 nitrogen and oxygen atoms in total. The van der Waals surface area contributed by atoms with E-state index < -0.39 is 4.92 Å². The molecular weight excluding hydrogens is 366 g/mol. The van der Waals surface area contributed by atoms with Gasteiger partial charge in [-0.15, -0.1) is 0 Å². The van der Waals surface area contributed by atoms with Crippen LogP contribution in [0.4, 0.5) is 5.69 Å². The summed E-state index contributed by atoms with van der Waals surface area (Å²) in [5, 5.41) is 10.8. The number of nitrogens with zero attached hydrogens (tertiary/aromatic N) is 3. The van der Waals surface area contributed by atoms with Crippen LogP contribution in [-0.4, -0.2) is 21.6 Å². The summed E-state index contributed by atoms with van der Waals surface area (Å²) in [6, 6.07) is 25.3. The molecule has 3 aromatic rings. The van der Waals surface area contributed by atoms with Gasteiger partial charge in [0.25, 0.3) is 11.6 Å². The summed E-state index contributed by atoms with van der Waals surface area (Å²) in [7, 11) is 0. The molecule has 1 amide bonds. The average Bonchev–Trinajstić information content (AvgIpc) is 3.05. The van der Waals surface area contributed by atoms with Gasteiger partial charge in [0.15, 0.2) is 0 Å². The van der Waals surface area contributed by atoms with Crippen LogP contribution in [0, 0.1) is 10.1 Å². The number of non-ortho nitro benzene ring substituents is 1. The van der Waals surface area contributed by atoms with E-state index in [0.717, 1.165) is 11.1 Å². The molecule has 142 valence electrons. The largest absolute Gasteiger partial charge is 0.286 e. The average molecular weight is 383 g/mol. The number of amides is 1. The zero-order valence-electron chi connectivity index (χ0n) is 15.4. The lowest BCUT2D eigenvalue weighted by Gasteiger charge is -2.18. The van der Waals surface area contributed by atoms with Crippen LogP contribution in [0.2, 0.25) is 0 Å². The van der Waals surface area contributed by atoms with Crippen molar-refractivity contribution in [1.29, 1.82) is 0 Å². The van der Waals surface area contributed by atoms with Crippen molar-refractivity contribution in [2.45, 2.75) is 6.54 Å². The number of benzene rings is 3. The van der Waals surface area contributed by atoms with Gasteiger partial charge in [0.05, 0.1) is 11.5 Å². The molecule has 1 heterocycles. The number of hydrogen-bond acceptors (Lipinski definition) is 4. The third-order valence-electron chi connectivity index (χ3n) is 4.57. The van der Waals surface area contributed by atoms with Crippen LogP contribution in [0.25, 0.3) is 6.08 Å². The summed E-state index contributed by atoms with van der Waals surface area (Å²) in [5.74, 6) is 0.388. The van der Waals surface area contributed by atoms with E-state index in [-0.39, 0.29) is 11.6 Å². The highest BCUT2D eigenvalue weighted by Gasteiger charge is 2.31. The number of hydrogen-bond donors (Lipinski definition) is 0. The Kier molecular flexibility index (Phi) is 4.99. The maximum absolute atomic E-state index is 13.1. The SMILES string of the molecule is O=C1C(=Cc2ccc([N+](=O)[O-])cc2)N=C(c2ccccc2)N1Cc1ccccc1. The van der Waals surface area contributed by atoms with Crippen molar-refractivity contribution in [1.82, 2.24) is 4.90 Å². The Morgan fingerprint density at radius 2 is 1.52 bits per heavy atom. The fourth-order valence-corrected chi connectivity index (χ4v) is 3.12. The highest BCUT2D eigenvalue weighted by molar-refractivity contribution is 6.19. The van der Waals surface area contributed by atoms with E-state index in [1.807, 2.05) is 60.7 Å². The lowest BCUT2D eigenvalue weighted by molar-refractivity contribution is -0.384. The van der Waals surface area contributed by atoms with Gasteiger partial charge >= 0.3 is 0 Å². The van der Waals surface area contributed by atoms with E-state index in [1.165, 1.54) is 12.1 Å². The standard InChI is InChI=1S/C23H17N3O3/c27-23-21(15-17-11-13-20(14-12-17)26(28)29)24-22(19-9-5-2-6-10-19)25(23)16-18-7-3-1-4-8-18/h1-15H,16H2. The Hall–Kier alpha value is -4.06. The second kappa shape index (κ2) is 7.90. The van der Waals surface area contributed by atoms with Gasteiger partial charge < -0.3 is 0 Å². The summed E-state index contributed by atoms with van der Waals surface area (Å²) in [6.07, 6.45) is 1.65. The van der Waals surface area contributed by atoms with E-state index in [0.29, 0.717) is 23.6 Å². The lowest BCUT2D eigenvalue weighted by atomic mass is 10.1. The van der Waals surface area contributed by atoms with Crippen LogP contribution in [0.1, 0.15) is 16.7 Å². The topological polar surface area (TPSA) is 75.8 Å². The molecule has 0 unspecified atom stereocenters. The first-order valence-electron chi connectivity index (χ1n) is 9.08. The van der Waals surface area contributed by atoms with Gasteiger partial charge in [-0.3, -0.25) is 19.8 Å². The Bertz CT molecular complexity index is 1110. The smallest absolute Gasteiger partial charge is 0.278 e. The molecule has 1 aliphatic heterocycles. The highest BCUT2D eigenvalue weighted by Crippen LogP contribution is 2.24. The Balaban J connectivity index is 1.70.